The molecule has 1 saturated heterocycles. The topological polar surface area (TPSA) is 91.1 Å². The monoisotopic (exact) mass is 416 g/mol. The Labute approximate surface area is 176 Å². The second kappa shape index (κ2) is 9.75. The number of aromatic nitrogens is 1. The Morgan fingerprint density at radius 3 is 2.40 bits per heavy atom. The molecule has 0 bridgehead atoms. The molecule has 162 valence electrons. The van der Waals surface area contributed by atoms with Gasteiger partial charge in [-0.15, -0.1) is 0 Å². The highest BCUT2D eigenvalue weighted by atomic mass is 16.5. The molecular formula is C22H28N2O6. The summed E-state index contributed by atoms with van der Waals surface area (Å²) in [6.07, 6.45) is 0.0475. The van der Waals surface area contributed by atoms with Crippen LogP contribution in [0.15, 0.2) is 28.8 Å². The summed E-state index contributed by atoms with van der Waals surface area (Å²) in [6.45, 7) is 8.69. The number of morpholine rings is 1. The van der Waals surface area contributed by atoms with Crippen LogP contribution in [0.3, 0.4) is 0 Å². The zero-order valence-corrected chi connectivity index (χ0v) is 17.8. The van der Waals surface area contributed by atoms with Crippen LogP contribution in [0.2, 0.25) is 0 Å². The third-order valence-electron chi connectivity index (χ3n) is 4.97. The van der Waals surface area contributed by atoms with Gasteiger partial charge in [-0.1, -0.05) is 17.3 Å². The molecule has 1 aromatic heterocycles. The number of carbonyl (C=O) groups is 2. The Morgan fingerprint density at radius 2 is 1.80 bits per heavy atom. The van der Waals surface area contributed by atoms with Gasteiger partial charge in [-0.3, -0.25) is 9.59 Å². The minimum Gasteiger partial charge on any atom is -0.489 e. The van der Waals surface area contributed by atoms with Gasteiger partial charge in [0.15, 0.2) is 6.61 Å². The summed E-state index contributed by atoms with van der Waals surface area (Å²) in [6, 6.07) is 7.19. The molecule has 1 amide bonds. The van der Waals surface area contributed by atoms with Gasteiger partial charge in [-0.2, -0.15) is 0 Å². The third-order valence-corrected chi connectivity index (χ3v) is 4.97. The van der Waals surface area contributed by atoms with Crippen molar-refractivity contribution in [3.63, 3.8) is 0 Å². The summed E-state index contributed by atoms with van der Waals surface area (Å²) in [5.41, 5.74) is 2.52. The van der Waals surface area contributed by atoms with Crippen molar-refractivity contribution < 1.29 is 28.3 Å². The summed E-state index contributed by atoms with van der Waals surface area (Å²) in [5.74, 6) is 0.774. The largest absolute Gasteiger partial charge is 0.489 e. The maximum absolute atomic E-state index is 12.3. The lowest BCUT2D eigenvalue weighted by atomic mass is 10.1. The van der Waals surface area contributed by atoms with Crippen molar-refractivity contribution in [3.8, 4) is 5.75 Å². The molecule has 2 heterocycles. The number of aryl methyl sites for hydroxylation is 2. The Kier molecular flexibility index (Phi) is 7.10. The maximum Gasteiger partial charge on any atom is 0.310 e. The van der Waals surface area contributed by atoms with Crippen molar-refractivity contribution in [2.45, 2.75) is 52.9 Å². The van der Waals surface area contributed by atoms with E-state index in [4.69, 9.17) is 18.7 Å². The van der Waals surface area contributed by atoms with Crippen molar-refractivity contribution in [2.24, 2.45) is 0 Å². The second-order valence-corrected chi connectivity index (χ2v) is 7.63. The predicted octanol–water partition coefficient (Wildman–Crippen LogP) is 2.59. The molecule has 30 heavy (non-hydrogen) atoms. The van der Waals surface area contributed by atoms with Crippen molar-refractivity contribution in [1.82, 2.24) is 10.1 Å². The van der Waals surface area contributed by atoms with Crippen molar-refractivity contribution >= 4 is 11.9 Å². The lowest BCUT2D eigenvalue weighted by molar-refractivity contribution is -0.156. The first-order chi connectivity index (χ1) is 14.3. The number of rotatable bonds is 7. The molecule has 0 N–H and O–H groups in total. The van der Waals surface area contributed by atoms with E-state index in [9.17, 15) is 9.59 Å². The highest BCUT2D eigenvalue weighted by Gasteiger charge is 2.26. The normalized spacial score (nSPS) is 18.9. The molecule has 3 rings (SSSR count). The minimum absolute atomic E-state index is 0.0215. The lowest BCUT2D eigenvalue weighted by Crippen LogP contribution is -2.49. The van der Waals surface area contributed by atoms with E-state index in [1.54, 1.807) is 29.2 Å². The van der Waals surface area contributed by atoms with Crippen molar-refractivity contribution in [3.05, 3.63) is 46.8 Å². The summed E-state index contributed by atoms with van der Waals surface area (Å²) >= 11 is 0. The van der Waals surface area contributed by atoms with E-state index in [1.165, 1.54) is 0 Å². The van der Waals surface area contributed by atoms with Gasteiger partial charge in [0.2, 0.25) is 0 Å². The van der Waals surface area contributed by atoms with Gasteiger partial charge in [0.25, 0.3) is 5.91 Å². The van der Waals surface area contributed by atoms with E-state index in [0.717, 1.165) is 22.6 Å². The summed E-state index contributed by atoms with van der Waals surface area (Å²) < 4.78 is 21.7. The van der Waals surface area contributed by atoms with Gasteiger partial charge in [0.05, 0.1) is 29.9 Å². The van der Waals surface area contributed by atoms with Crippen LogP contribution in [-0.2, 0) is 32.1 Å². The molecule has 8 nitrogen and oxygen atoms in total. The molecule has 1 aromatic carbocycles. The Balaban J connectivity index is 1.43. The van der Waals surface area contributed by atoms with Crippen LogP contribution in [0.25, 0.3) is 0 Å². The van der Waals surface area contributed by atoms with Crippen LogP contribution in [0.5, 0.6) is 5.75 Å². The van der Waals surface area contributed by atoms with Gasteiger partial charge >= 0.3 is 5.97 Å². The number of esters is 1. The molecule has 0 unspecified atom stereocenters. The van der Waals surface area contributed by atoms with E-state index < -0.39 is 5.97 Å². The molecule has 0 aliphatic carbocycles. The second-order valence-electron chi connectivity index (χ2n) is 7.63. The highest BCUT2D eigenvalue weighted by Crippen LogP contribution is 2.18. The minimum atomic E-state index is -0.443. The fourth-order valence-electron chi connectivity index (χ4n) is 3.40. The number of carbonyl (C=O) groups excluding carboxylic acids is 2. The van der Waals surface area contributed by atoms with Crippen LogP contribution in [0, 0.1) is 13.8 Å². The zero-order chi connectivity index (χ0) is 21.7. The third kappa shape index (κ3) is 5.82. The fourth-order valence-corrected chi connectivity index (χ4v) is 3.40. The van der Waals surface area contributed by atoms with Gasteiger partial charge in [0, 0.05) is 13.1 Å². The predicted molar refractivity (Wildman–Crippen MR) is 108 cm³/mol. The maximum atomic E-state index is 12.3. The van der Waals surface area contributed by atoms with Crippen LogP contribution in [0.1, 0.15) is 36.4 Å². The number of amides is 1. The Bertz CT molecular complexity index is 847. The van der Waals surface area contributed by atoms with E-state index in [0.29, 0.717) is 25.4 Å². The smallest absolute Gasteiger partial charge is 0.310 e. The number of benzene rings is 1. The summed E-state index contributed by atoms with van der Waals surface area (Å²) in [7, 11) is 0. The van der Waals surface area contributed by atoms with Crippen LogP contribution >= 0.6 is 0 Å². The summed E-state index contributed by atoms with van der Waals surface area (Å²) in [4.78, 5) is 26.1. The van der Waals surface area contributed by atoms with Gasteiger partial charge < -0.3 is 23.6 Å². The molecule has 2 aromatic rings. The fraction of sp³-hybridized carbons (Fsp3) is 0.500. The van der Waals surface area contributed by atoms with Gasteiger partial charge in [-0.05, 0) is 45.4 Å². The Morgan fingerprint density at radius 1 is 1.13 bits per heavy atom. The molecule has 1 aliphatic heterocycles. The molecule has 0 saturated carbocycles. The first-order valence-corrected chi connectivity index (χ1v) is 10.0. The molecule has 2 atom stereocenters. The number of hydrogen-bond donors (Lipinski definition) is 0. The molecule has 8 heteroatoms. The molecular weight excluding hydrogens is 388 g/mol. The number of ether oxygens (including phenoxy) is 3. The van der Waals surface area contributed by atoms with Gasteiger partial charge in [0.1, 0.15) is 18.1 Å². The molecule has 1 fully saturated rings. The number of hydrogen-bond acceptors (Lipinski definition) is 7. The van der Waals surface area contributed by atoms with E-state index >= 15 is 0 Å². The average molecular weight is 416 g/mol. The van der Waals surface area contributed by atoms with Gasteiger partial charge in [-0.25, -0.2) is 0 Å². The summed E-state index contributed by atoms with van der Waals surface area (Å²) in [5, 5.41) is 3.90. The van der Waals surface area contributed by atoms with Crippen LogP contribution in [0.4, 0.5) is 0 Å². The standard InChI is InChI=1S/C22H28N2O6/c1-14-10-24(11-15(2)29-14)21(25)13-28-22(26)9-18-5-7-19(8-6-18)27-12-20-16(3)23-30-17(20)4/h5-8,14-15H,9-13H2,1-4H3/t14-,15-/m1/s1. The molecule has 1 aliphatic rings. The quantitative estimate of drug-likeness (QED) is 0.641. The first kappa shape index (κ1) is 21.8. The molecule has 0 spiro atoms. The first-order valence-electron chi connectivity index (χ1n) is 10.0. The van der Waals surface area contributed by atoms with Crippen LogP contribution in [-0.4, -0.2) is 53.8 Å². The number of nitrogens with zero attached hydrogens (tertiary/aromatic N) is 2. The Hall–Kier alpha value is -2.87. The average Bonchev–Trinajstić information content (AvgIpc) is 3.02. The molecule has 0 radical (unpaired) electrons. The zero-order valence-electron chi connectivity index (χ0n) is 17.8. The van der Waals surface area contributed by atoms with Crippen LogP contribution < -0.4 is 4.74 Å². The lowest BCUT2D eigenvalue weighted by Gasteiger charge is -2.35. The van der Waals surface area contributed by atoms with E-state index in [2.05, 4.69) is 5.16 Å². The van der Waals surface area contributed by atoms with E-state index in [1.807, 2.05) is 27.7 Å². The highest BCUT2D eigenvalue weighted by molar-refractivity contribution is 5.81. The van der Waals surface area contributed by atoms with E-state index in [-0.39, 0.29) is 31.1 Å². The SMILES string of the molecule is Cc1noc(C)c1COc1ccc(CC(=O)OCC(=O)N2C[C@@H](C)O[C@H](C)C2)cc1. The van der Waals surface area contributed by atoms with Crippen molar-refractivity contribution in [1.29, 1.82) is 0 Å². The van der Waals surface area contributed by atoms with Crippen molar-refractivity contribution in [2.75, 3.05) is 19.7 Å².